The van der Waals surface area contributed by atoms with E-state index in [4.69, 9.17) is 14.2 Å². The maximum absolute atomic E-state index is 12.2. The number of esters is 2. The number of hydrogen-bond acceptors (Lipinski definition) is 9. The smallest absolute Gasteiger partial charge is 0.397 e. The summed E-state index contributed by atoms with van der Waals surface area (Å²) in [6.07, 6.45) is -0.878. The van der Waals surface area contributed by atoms with E-state index < -0.39 is 23.9 Å². The van der Waals surface area contributed by atoms with E-state index in [9.17, 15) is 19.5 Å². The number of para-hydroxylation sites is 1. The second-order valence-corrected chi connectivity index (χ2v) is 8.16. The monoisotopic (exact) mass is 499 g/mol. The number of methoxy groups -OCH3 is 2. The van der Waals surface area contributed by atoms with Crippen LogP contribution in [0.2, 0.25) is 0 Å². The SMILES string of the molecule is CCOC(=O)C(=O)Nc1cc(-c2ccc(OCC(O)c3ccccc3OC)cc2)sc1C(=O)OC. The highest BCUT2D eigenvalue weighted by Crippen LogP contribution is 2.36. The molecule has 1 amide bonds. The molecule has 9 nitrogen and oxygen atoms in total. The molecule has 10 heteroatoms. The Hall–Kier alpha value is -3.89. The summed E-state index contributed by atoms with van der Waals surface area (Å²) in [6.45, 7) is 1.66. The van der Waals surface area contributed by atoms with Crippen molar-refractivity contribution in [3.05, 3.63) is 65.0 Å². The molecule has 0 aliphatic heterocycles. The average molecular weight is 500 g/mol. The first-order chi connectivity index (χ1) is 16.9. The van der Waals surface area contributed by atoms with E-state index in [1.807, 2.05) is 12.1 Å². The summed E-state index contributed by atoms with van der Waals surface area (Å²) < 4.78 is 20.5. The molecule has 1 aromatic heterocycles. The molecule has 3 rings (SSSR count). The molecular weight excluding hydrogens is 474 g/mol. The van der Waals surface area contributed by atoms with Crippen molar-refractivity contribution in [2.24, 2.45) is 0 Å². The minimum absolute atomic E-state index is 0.0231. The lowest BCUT2D eigenvalue weighted by molar-refractivity contribution is -0.152. The third-order valence-electron chi connectivity index (χ3n) is 4.86. The van der Waals surface area contributed by atoms with Crippen LogP contribution in [0.4, 0.5) is 5.69 Å². The van der Waals surface area contributed by atoms with Crippen molar-refractivity contribution >= 4 is 34.9 Å². The van der Waals surface area contributed by atoms with E-state index in [2.05, 4.69) is 10.1 Å². The molecule has 3 aromatic rings. The predicted molar refractivity (Wildman–Crippen MR) is 130 cm³/mol. The first-order valence-corrected chi connectivity index (χ1v) is 11.4. The number of amides is 1. The number of carbonyl (C=O) groups excluding carboxylic acids is 3. The van der Waals surface area contributed by atoms with Crippen LogP contribution >= 0.6 is 11.3 Å². The lowest BCUT2D eigenvalue weighted by Crippen LogP contribution is -2.25. The van der Waals surface area contributed by atoms with Crippen molar-refractivity contribution < 1.29 is 38.4 Å². The lowest BCUT2D eigenvalue weighted by Gasteiger charge is -2.15. The molecule has 1 unspecified atom stereocenters. The molecule has 1 heterocycles. The molecule has 0 bridgehead atoms. The van der Waals surface area contributed by atoms with Gasteiger partial charge in [0, 0.05) is 10.4 Å². The van der Waals surface area contributed by atoms with Crippen LogP contribution in [0.15, 0.2) is 54.6 Å². The van der Waals surface area contributed by atoms with Crippen molar-refractivity contribution in [2.75, 3.05) is 32.8 Å². The molecule has 0 aliphatic rings. The summed E-state index contributed by atoms with van der Waals surface area (Å²) in [5.74, 6) is -1.58. The number of carbonyl (C=O) groups is 3. The van der Waals surface area contributed by atoms with Gasteiger partial charge >= 0.3 is 17.8 Å². The van der Waals surface area contributed by atoms with Gasteiger partial charge in [0.2, 0.25) is 0 Å². The molecule has 0 fully saturated rings. The number of aliphatic hydroxyl groups excluding tert-OH is 1. The summed E-state index contributed by atoms with van der Waals surface area (Å²) in [5.41, 5.74) is 1.52. The number of thiophene rings is 1. The molecule has 0 saturated heterocycles. The summed E-state index contributed by atoms with van der Waals surface area (Å²) in [7, 11) is 2.76. The standard InChI is InChI=1S/C25H25NO8S/c1-4-33-25(30)23(28)26-18-13-21(35-22(18)24(29)32-3)15-9-11-16(12-10-15)34-14-19(27)17-7-5-6-8-20(17)31-2/h5-13,19,27H,4,14H2,1-3H3,(H,26,28). The van der Waals surface area contributed by atoms with E-state index in [1.165, 1.54) is 14.2 Å². The fourth-order valence-corrected chi connectivity index (χ4v) is 4.20. The first-order valence-electron chi connectivity index (χ1n) is 10.6. The zero-order valence-electron chi connectivity index (χ0n) is 19.4. The zero-order valence-corrected chi connectivity index (χ0v) is 20.2. The van der Waals surface area contributed by atoms with Gasteiger partial charge in [-0.2, -0.15) is 0 Å². The van der Waals surface area contributed by atoms with E-state index in [0.29, 0.717) is 21.9 Å². The predicted octanol–water partition coefficient (Wildman–Crippen LogP) is 3.82. The van der Waals surface area contributed by atoms with Crippen LogP contribution in [0.25, 0.3) is 10.4 Å². The molecule has 0 radical (unpaired) electrons. The Morgan fingerprint density at radius 2 is 1.77 bits per heavy atom. The van der Waals surface area contributed by atoms with Gasteiger partial charge in [0.1, 0.15) is 29.1 Å². The first kappa shape index (κ1) is 25.7. The van der Waals surface area contributed by atoms with Crippen molar-refractivity contribution in [3.63, 3.8) is 0 Å². The Kier molecular flexibility index (Phi) is 8.82. The Morgan fingerprint density at radius 1 is 1.06 bits per heavy atom. The number of anilines is 1. The third-order valence-corrected chi connectivity index (χ3v) is 6.02. The van der Waals surface area contributed by atoms with Crippen LogP contribution in [-0.4, -0.2) is 50.4 Å². The zero-order chi connectivity index (χ0) is 25.4. The summed E-state index contributed by atoms with van der Waals surface area (Å²) >= 11 is 1.10. The Bertz CT molecular complexity index is 1190. The maximum atomic E-state index is 12.2. The van der Waals surface area contributed by atoms with E-state index in [-0.39, 0.29) is 23.8 Å². The molecule has 0 spiro atoms. The third kappa shape index (κ3) is 6.37. The van der Waals surface area contributed by atoms with Crippen molar-refractivity contribution in [2.45, 2.75) is 13.0 Å². The average Bonchev–Trinajstić information content (AvgIpc) is 3.30. The Morgan fingerprint density at radius 3 is 2.43 bits per heavy atom. The highest BCUT2D eigenvalue weighted by Gasteiger charge is 2.23. The minimum Gasteiger partial charge on any atom is -0.496 e. The second-order valence-electron chi connectivity index (χ2n) is 7.11. The van der Waals surface area contributed by atoms with E-state index in [1.54, 1.807) is 49.4 Å². The highest BCUT2D eigenvalue weighted by atomic mass is 32.1. The van der Waals surface area contributed by atoms with Crippen molar-refractivity contribution in [3.8, 4) is 21.9 Å². The normalized spacial score (nSPS) is 11.3. The van der Waals surface area contributed by atoms with E-state index >= 15 is 0 Å². The van der Waals surface area contributed by atoms with Gasteiger partial charge in [-0.15, -0.1) is 11.3 Å². The van der Waals surface area contributed by atoms with Crippen LogP contribution in [0.1, 0.15) is 28.3 Å². The van der Waals surface area contributed by atoms with Gasteiger partial charge in [0.05, 0.1) is 26.5 Å². The second kappa shape index (κ2) is 12.0. The molecule has 1 atom stereocenters. The van der Waals surface area contributed by atoms with Crippen molar-refractivity contribution in [1.82, 2.24) is 0 Å². The number of ether oxygens (including phenoxy) is 4. The molecule has 0 aliphatic carbocycles. The molecule has 35 heavy (non-hydrogen) atoms. The number of rotatable bonds is 9. The lowest BCUT2D eigenvalue weighted by atomic mass is 10.1. The number of benzene rings is 2. The topological polar surface area (TPSA) is 120 Å². The van der Waals surface area contributed by atoms with Gasteiger partial charge in [-0.1, -0.05) is 18.2 Å². The van der Waals surface area contributed by atoms with Gasteiger partial charge in [-0.05, 0) is 48.9 Å². The highest BCUT2D eigenvalue weighted by molar-refractivity contribution is 7.18. The van der Waals surface area contributed by atoms with Gasteiger partial charge in [-0.25, -0.2) is 9.59 Å². The largest absolute Gasteiger partial charge is 0.496 e. The molecule has 2 aromatic carbocycles. The van der Waals surface area contributed by atoms with Gasteiger partial charge in [0.25, 0.3) is 0 Å². The maximum Gasteiger partial charge on any atom is 0.397 e. The van der Waals surface area contributed by atoms with Crippen molar-refractivity contribution in [1.29, 1.82) is 0 Å². The minimum atomic E-state index is -1.05. The van der Waals surface area contributed by atoms with Crippen LogP contribution in [0, 0.1) is 0 Å². The molecular formula is C25H25NO8S. The van der Waals surface area contributed by atoms with Crippen LogP contribution in [0.3, 0.4) is 0 Å². The Balaban J connectivity index is 1.73. The van der Waals surface area contributed by atoms with Gasteiger partial charge in [-0.3, -0.25) is 4.79 Å². The Labute approximate surface area is 206 Å². The fraction of sp³-hybridized carbons (Fsp3) is 0.240. The molecule has 0 saturated carbocycles. The summed E-state index contributed by atoms with van der Waals surface area (Å²) in [5, 5.41) is 12.9. The number of hydrogen-bond donors (Lipinski definition) is 2. The number of nitrogens with one attached hydrogen (secondary N) is 1. The fourth-order valence-electron chi connectivity index (χ4n) is 3.16. The van der Waals surface area contributed by atoms with Crippen LogP contribution < -0.4 is 14.8 Å². The number of aliphatic hydroxyl groups is 1. The van der Waals surface area contributed by atoms with Gasteiger partial charge in [0.15, 0.2) is 0 Å². The quantitative estimate of drug-likeness (QED) is 0.337. The summed E-state index contributed by atoms with van der Waals surface area (Å²) in [6, 6.07) is 15.7. The molecule has 2 N–H and O–H groups in total. The van der Waals surface area contributed by atoms with Crippen LogP contribution in [-0.2, 0) is 19.1 Å². The van der Waals surface area contributed by atoms with Gasteiger partial charge < -0.3 is 29.4 Å². The molecule has 184 valence electrons. The van der Waals surface area contributed by atoms with Crippen LogP contribution in [0.5, 0.6) is 11.5 Å². The van der Waals surface area contributed by atoms with E-state index in [0.717, 1.165) is 16.9 Å². The summed E-state index contributed by atoms with van der Waals surface area (Å²) in [4.78, 5) is 36.7.